The average Bonchev–Trinajstić information content (AvgIpc) is 2.76. The number of rotatable bonds is 6. The fourth-order valence-electron chi connectivity index (χ4n) is 1.21. The minimum absolute atomic E-state index is 0.0622. The highest BCUT2D eigenvalue weighted by Crippen LogP contribution is 2.05. The van der Waals surface area contributed by atoms with Crippen LogP contribution in [0, 0.1) is 0 Å². The molecule has 1 heterocycles. The number of hydrogen-bond donors (Lipinski definition) is 1. The lowest BCUT2D eigenvalue weighted by molar-refractivity contribution is 0.0656. The number of ether oxygens (including phenoxy) is 1. The monoisotopic (exact) mass is 213 g/mol. The summed E-state index contributed by atoms with van der Waals surface area (Å²) in [6.07, 6.45) is 2.83. The van der Waals surface area contributed by atoms with E-state index in [1.54, 1.807) is 13.2 Å². The van der Waals surface area contributed by atoms with Crippen LogP contribution < -0.4 is 0 Å². The third-order valence-corrected chi connectivity index (χ3v) is 1.99. The molecule has 0 aromatic carbocycles. The van der Waals surface area contributed by atoms with E-state index in [1.807, 2.05) is 0 Å². The fraction of sp³-hybridized carbons (Fsp3) is 0.500. The van der Waals surface area contributed by atoms with Crippen LogP contribution >= 0.6 is 0 Å². The number of aliphatic hydroxyl groups excluding tert-OH is 1. The minimum atomic E-state index is -0.158. The molecule has 5 heteroatoms. The quantitative estimate of drug-likeness (QED) is 0.741. The minimum Gasteiger partial charge on any atom is -0.472 e. The van der Waals surface area contributed by atoms with Crippen molar-refractivity contribution in [3.05, 3.63) is 24.2 Å². The van der Waals surface area contributed by atoms with E-state index in [-0.39, 0.29) is 12.5 Å². The van der Waals surface area contributed by atoms with Gasteiger partial charge >= 0.3 is 0 Å². The first-order valence-corrected chi connectivity index (χ1v) is 4.71. The van der Waals surface area contributed by atoms with E-state index in [0.717, 1.165) is 0 Å². The van der Waals surface area contributed by atoms with E-state index < -0.39 is 0 Å². The lowest BCUT2D eigenvalue weighted by atomic mass is 10.3. The summed E-state index contributed by atoms with van der Waals surface area (Å²) in [5, 5.41) is 8.82. The number of hydrogen-bond acceptors (Lipinski definition) is 4. The Balaban J connectivity index is 2.58. The Morgan fingerprint density at radius 2 is 2.40 bits per heavy atom. The summed E-state index contributed by atoms with van der Waals surface area (Å²) in [5.74, 6) is -0.158. The molecule has 0 spiro atoms. The fourth-order valence-corrected chi connectivity index (χ4v) is 1.21. The first kappa shape index (κ1) is 11.7. The second-order valence-electron chi connectivity index (χ2n) is 3.02. The van der Waals surface area contributed by atoms with Gasteiger partial charge in [-0.05, 0) is 6.07 Å². The summed E-state index contributed by atoms with van der Waals surface area (Å²) in [6.45, 7) is 1.14. The van der Waals surface area contributed by atoms with E-state index in [2.05, 4.69) is 0 Å². The number of furan rings is 1. The maximum atomic E-state index is 11.8. The Morgan fingerprint density at radius 1 is 1.60 bits per heavy atom. The molecular weight excluding hydrogens is 198 g/mol. The molecule has 0 bridgehead atoms. The van der Waals surface area contributed by atoms with Crippen LogP contribution in [0.3, 0.4) is 0 Å². The molecule has 0 saturated heterocycles. The molecule has 0 aliphatic rings. The number of aliphatic hydroxyl groups is 1. The van der Waals surface area contributed by atoms with Crippen LogP contribution in [-0.4, -0.2) is 49.3 Å². The molecule has 0 aliphatic heterocycles. The Morgan fingerprint density at radius 3 is 2.93 bits per heavy atom. The smallest absolute Gasteiger partial charge is 0.257 e. The molecule has 1 aromatic rings. The number of carbonyl (C=O) groups is 1. The van der Waals surface area contributed by atoms with Crippen molar-refractivity contribution in [3.8, 4) is 0 Å². The van der Waals surface area contributed by atoms with Gasteiger partial charge in [0.05, 0.1) is 25.0 Å². The summed E-state index contributed by atoms with van der Waals surface area (Å²) in [7, 11) is 1.57. The van der Waals surface area contributed by atoms with Crippen molar-refractivity contribution in [3.63, 3.8) is 0 Å². The van der Waals surface area contributed by atoms with Crippen molar-refractivity contribution in [2.45, 2.75) is 0 Å². The first-order chi connectivity index (χ1) is 7.29. The molecule has 0 atom stereocenters. The molecule has 1 amide bonds. The molecular formula is C10H15NO4. The van der Waals surface area contributed by atoms with Crippen molar-refractivity contribution in [1.29, 1.82) is 0 Å². The zero-order valence-corrected chi connectivity index (χ0v) is 8.68. The second kappa shape index (κ2) is 6.21. The van der Waals surface area contributed by atoms with Gasteiger partial charge in [-0.15, -0.1) is 0 Å². The Hall–Kier alpha value is -1.33. The Kier molecular flexibility index (Phi) is 4.86. The van der Waals surface area contributed by atoms with Crippen molar-refractivity contribution in [2.75, 3.05) is 33.4 Å². The van der Waals surface area contributed by atoms with Crippen LogP contribution in [-0.2, 0) is 4.74 Å². The summed E-state index contributed by atoms with van der Waals surface area (Å²) in [5.41, 5.74) is 0.486. The summed E-state index contributed by atoms with van der Waals surface area (Å²) < 4.78 is 9.71. The summed E-state index contributed by atoms with van der Waals surface area (Å²) in [4.78, 5) is 13.3. The van der Waals surface area contributed by atoms with Crippen molar-refractivity contribution >= 4 is 5.91 Å². The molecule has 15 heavy (non-hydrogen) atoms. The zero-order valence-electron chi connectivity index (χ0n) is 8.68. The molecule has 1 N–H and O–H groups in total. The standard InChI is InChI=1S/C10H15NO4/c1-14-7-4-11(3-5-12)10(13)9-2-6-15-8-9/h2,6,8,12H,3-5,7H2,1H3. The van der Waals surface area contributed by atoms with Gasteiger partial charge in [-0.1, -0.05) is 0 Å². The largest absolute Gasteiger partial charge is 0.472 e. The van der Waals surface area contributed by atoms with Crippen LogP contribution in [0.2, 0.25) is 0 Å². The van der Waals surface area contributed by atoms with Gasteiger partial charge in [0.25, 0.3) is 5.91 Å². The van der Waals surface area contributed by atoms with E-state index >= 15 is 0 Å². The molecule has 5 nitrogen and oxygen atoms in total. The molecule has 0 aliphatic carbocycles. The molecule has 1 rings (SSSR count). The zero-order chi connectivity index (χ0) is 11.1. The summed E-state index contributed by atoms with van der Waals surface area (Å²) in [6, 6.07) is 1.60. The summed E-state index contributed by atoms with van der Waals surface area (Å²) >= 11 is 0. The van der Waals surface area contributed by atoms with Crippen LogP contribution in [0.15, 0.2) is 23.0 Å². The van der Waals surface area contributed by atoms with Crippen molar-refractivity contribution < 1.29 is 19.1 Å². The highest BCUT2D eigenvalue weighted by atomic mass is 16.5. The van der Waals surface area contributed by atoms with E-state index in [0.29, 0.717) is 25.3 Å². The second-order valence-corrected chi connectivity index (χ2v) is 3.02. The van der Waals surface area contributed by atoms with E-state index in [1.165, 1.54) is 17.4 Å². The van der Waals surface area contributed by atoms with Crippen LogP contribution in [0.5, 0.6) is 0 Å². The van der Waals surface area contributed by atoms with Crippen LogP contribution in [0.4, 0.5) is 0 Å². The van der Waals surface area contributed by atoms with Crippen molar-refractivity contribution in [2.24, 2.45) is 0 Å². The number of nitrogens with zero attached hydrogens (tertiary/aromatic N) is 1. The molecule has 0 unspecified atom stereocenters. The highest BCUT2D eigenvalue weighted by Gasteiger charge is 2.15. The Labute approximate surface area is 88.2 Å². The third-order valence-electron chi connectivity index (χ3n) is 1.99. The molecule has 0 fully saturated rings. The van der Waals surface area contributed by atoms with Gasteiger partial charge in [-0.3, -0.25) is 4.79 Å². The van der Waals surface area contributed by atoms with Gasteiger partial charge in [-0.25, -0.2) is 0 Å². The normalized spacial score (nSPS) is 10.3. The highest BCUT2D eigenvalue weighted by molar-refractivity contribution is 5.93. The Bertz CT molecular complexity index is 284. The van der Waals surface area contributed by atoms with Gasteiger partial charge < -0.3 is 19.2 Å². The maximum Gasteiger partial charge on any atom is 0.257 e. The first-order valence-electron chi connectivity index (χ1n) is 4.71. The predicted molar refractivity (Wildman–Crippen MR) is 53.6 cm³/mol. The van der Waals surface area contributed by atoms with E-state index in [9.17, 15) is 4.79 Å². The van der Waals surface area contributed by atoms with Gasteiger partial charge in [0.2, 0.25) is 0 Å². The molecule has 0 saturated carbocycles. The van der Waals surface area contributed by atoms with E-state index in [4.69, 9.17) is 14.3 Å². The lowest BCUT2D eigenvalue weighted by Crippen LogP contribution is -2.35. The third kappa shape index (κ3) is 3.38. The van der Waals surface area contributed by atoms with Crippen LogP contribution in [0.25, 0.3) is 0 Å². The van der Waals surface area contributed by atoms with Crippen LogP contribution in [0.1, 0.15) is 10.4 Å². The number of methoxy groups -OCH3 is 1. The molecule has 0 radical (unpaired) electrons. The van der Waals surface area contributed by atoms with Gasteiger partial charge in [0, 0.05) is 20.2 Å². The van der Waals surface area contributed by atoms with Gasteiger partial charge in [0.15, 0.2) is 0 Å². The molecule has 84 valence electrons. The SMILES string of the molecule is COCCN(CCO)C(=O)c1ccoc1. The maximum absolute atomic E-state index is 11.8. The number of amides is 1. The van der Waals surface area contributed by atoms with Gasteiger partial charge in [0.1, 0.15) is 6.26 Å². The predicted octanol–water partition coefficient (Wildman–Crippen LogP) is 0.361. The lowest BCUT2D eigenvalue weighted by Gasteiger charge is -2.20. The number of carbonyl (C=O) groups excluding carboxylic acids is 1. The molecule has 1 aromatic heterocycles. The average molecular weight is 213 g/mol. The van der Waals surface area contributed by atoms with Gasteiger partial charge in [-0.2, -0.15) is 0 Å². The van der Waals surface area contributed by atoms with Crippen molar-refractivity contribution in [1.82, 2.24) is 4.90 Å². The topological polar surface area (TPSA) is 62.9 Å².